The number of benzene rings is 2. The Morgan fingerprint density at radius 3 is 2.17 bits per heavy atom. The first kappa shape index (κ1) is 14.0. The highest BCUT2D eigenvalue weighted by molar-refractivity contribution is 14.1. The molecule has 1 nitrogen and oxygen atoms in total. The van der Waals surface area contributed by atoms with Gasteiger partial charge in [-0.2, -0.15) is 0 Å². The first-order chi connectivity index (χ1) is 8.47. The molecule has 3 heteroatoms. The van der Waals surface area contributed by atoms with Gasteiger partial charge < -0.3 is 5.11 Å². The molecule has 0 amide bonds. The summed E-state index contributed by atoms with van der Waals surface area (Å²) in [5.41, 5.74) is 1.24. The van der Waals surface area contributed by atoms with E-state index in [0.717, 1.165) is 15.6 Å². The predicted molar refractivity (Wildman–Crippen MR) is 86.6 cm³/mol. The van der Waals surface area contributed by atoms with Gasteiger partial charge in [0.15, 0.2) is 0 Å². The van der Waals surface area contributed by atoms with Gasteiger partial charge in [0.1, 0.15) is 0 Å². The fourth-order valence-corrected chi connectivity index (χ4v) is 2.53. The molecule has 1 atom stereocenters. The molecule has 0 fully saturated rings. The lowest BCUT2D eigenvalue weighted by Crippen LogP contribution is -2.24. The van der Waals surface area contributed by atoms with Crippen LogP contribution in [0.15, 0.2) is 53.0 Å². The van der Waals surface area contributed by atoms with Gasteiger partial charge in [-0.15, -0.1) is 0 Å². The zero-order valence-electron chi connectivity index (χ0n) is 10.0. The first-order valence-electron chi connectivity index (χ1n) is 5.70. The van der Waals surface area contributed by atoms with Crippen molar-refractivity contribution in [3.8, 4) is 0 Å². The predicted octanol–water partition coefficient (Wildman–Crippen LogP) is 4.50. The molecular weight excluding hydrogens is 403 g/mol. The van der Waals surface area contributed by atoms with Crippen molar-refractivity contribution in [3.05, 3.63) is 67.7 Å². The molecule has 0 aromatic heterocycles. The van der Waals surface area contributed by atoms with Gasteiger partial charge in [0.25, 0.3) is 0 Å². The standard InChI is InChI=1S/C15H14BrIO/c1-15(18,12-4-8-14(17)9-5-12)10-11-2-6-13(16)7-3-11/h2-9,18H,10H2,1H3. The fraction of sp³-hybridized carbons (Fsp3) is 0.200. The molecule has 0 spiro atoms. The van der Waals surface area contributed by atoms with Gasteiger partial charge in [-0.25, -0.2) is 0 Å². The lowest BCUT2D eigenvalue weighted by Gasteiger charge is -2.24. The summed E-state index contributed by atoms with van der Waals surface area (Å²) in [6, 6.07) is 16.1. The van der Waals surface area contributed by atoms with Gasteiger partial charge in [0.2, 0.25) is 0 Å². The van der Waals surface area contributed by atoms with Crippen LogP contribution in [-0.2, 0) is 12.0 Å². The highest BCUT2D eigenvalue weighted by Crippen LogP contribution is 2.26. The largest absolute Gasteiger partial charge is 0.385 e. The average Bonchev–Trinajstić information content (AvgIpc) is 2.32. The molecule has 0 heterocycles. The Morgan fingerprint density at radius 1 is 1.06 bits per heavy atom. The second kappa shape index (κ2) is 5.72. The molecule has 2 aromatic carbocycles. The highest BCUT2D eigenvalue weighted by atomic mass is 127. The van der Waals surface area contributed by atoms with Crippen molar-refractivity contribution in [3.63, 3.8) is 0 Å². The topological polar surface area (TPSA) is 20.2 Å². The Labute approximate surface area is 130 Å². The van der Waals surface area contributed by atoms with Gasteiger partial charge >= 0.3 is 0 Å². The SMILES string of the molecule is CC(O)(Cc1ccc(Br)cc1)c1ccc(I)cc1. The van der Waals surface area contributed by atoms with Crippen LogP contribution in [0.5, 0.6) is 0 Å². The summed E-state index contributed by atoms with van der Waals surface area (Å²) >= 11 is 5.68. The van der Waals surface area contributed by atoms with E-state index in [1.165, 1.54) is 3.57 Å². The molecular formula is C15H14BrIO. The van der Waals surface area contributed by atoms with Crippen LogP contribution in [0.4, 0.5) is 0 Å². The van der Waals surface area contributed by atoms with Crippen molar-refractivity contribution in [1.29, 1.82) is 0 Å². The van der Waals surface area contributed by atoms with E-state index in [0.29, 0.717) is 6.42 Å². The lowest BCUT2D eigenvalue weighted by atomic mass is 9.89. The molecule has 0 saturated carbocycles. The molecule has 2 aromatic rings. The van der Waals surface area contributed by atoms with E-state index in [4.69, 9.17) is 0 Å². The third kappa shape index (κ3) is 3.56. The average molecular weight is 417 g/mol. The minimum atomic E-state index is -0.835. The van der Waals surface area contributed by atoms with Crippen LogP contribution in [-0.4, -0.2) is 5.11 Å². The van der Waals surface area contributed by atoms with Crippen LogP contribution in [0, 0.1) is 3.57 Å². The van der Waals surface area contributed by atoms with E-state index in [2.05, 4.69) is 38.5 Å². The highest BCUT2D eigenvalue weighted by Gasteiger charge is 2.23. The Kier molecular flexibility index (Phi) is 4.45. The van der Waals surface area contributed by atoms with E-state index in [-0.39, 0.29) is 0 Å². The summed E-state index contributed by atoms with van der Waals surface area (Å²) in [6.07, 6.45) is 0.612. The molecule has 0 bridgehead atoms. The molecule has 0 radical (unpaired) electrons. The summed E-state index contributed by atoms with van der Waals surface area (Å²) < 4.78 is 2.23. The Balaban J connectivity index is 2.20. The number of halogens is 2. The number of hydrogen-bond donors (Lipinski definition) is 1. The van der Waals surface area contributed by atoms with Crippen molar-refractivity contribution in [2.75, 3.05) is 0 Å². The molecule has 2 rings (SSSR count). The van der Waals surface area contributed by atoms with Crippen molar-refractivity contribution in [2.45, 2.75) is 18.9 Å². The quantitative estimate of drug-likeness (QED) is 0.730. The lowest BCUT2D eigenvalue weighted by molar-refractivity contribution is 0.0576. The van der Waals surface area contributed by atoms with Crippen LogP contribution in [0.1, 0.15) is 18.1 Å². The summed E-state index contributed by atoms with van der Waals surface area (Å²) in [5, 5.41) is 10.6. The maximum absolute atomic E-state index is 10.6. The van der Waals surface area contributed by atoms with Gasteiger partial charge in [-0.3, -0.25) is 0 Å². The van der Waals surface area contributed by atoms with E-state index < -0.39 is 5.60 Å². The summed E-state index contributed by atoms with van der Waals surface area (Å²) in [7, 11) is 0. The van der Waals surface area contributed by atoms with Crippen LogP contribution >= 0.6 is 38.5 Å². The van der Waals surface area contributed by atoms with Gasteiger partial charge in [-0.05, 0) is 64.9 Å². The Bertz CT molecular complexity index is 517. The summed E-state index contributed by atoms with van der Waals surface area (Å²) in [5.74, 6) is 0. The molecule has 1 N–H and O–H groups in total. The van der Waals surface area contributed by atoms with Crippen molar-refractivity contribution in [2.24, 2.45) is 0 Å². The second-order valence-electron chi connectivity index (χ2n) is 4.58. The zero-order chi connectivity index (χ0) is 13.2. The minimum Gasteiger partial charge on any atom is -0.385 e. The van der Waals surface area contributed by atoms with Crippen LogP contribution in [0.2, 0.25) is 0 Å². The minimum absolute atomic E-state index is 0.612. The Morgan fingerprint density at radius 2 is 1.61 bits per heavy atom. The monoisotopic (exact) mass is 416 g/mol. The van der Waals surface area contributed by atoms with E-state index in [1.54, 1.807) is 0 Å². The molecule has 0 aliphatic rings. The van der Waals surface area contributed by atoms with E-state index in [9.17, 15) is 5.11 Å². The van der Waals surface area contributed by atoms with Crippen molar-refractivity contribution < 1.29 is 5.11 Å². The third-order valence-corrected chi connectivity index (χ3v) is 4.18. The van der Waals surface area contributed by atoms with Gasteiger partial charge in [-0.1, -0.05) is 40.2 Å². The third-order valence-electron chi connectivity index (χ3n) is 2.93. The Hall–Kier alpha value is -0.390. The van der Waals surface area contributed by atoms with E-state index in [1.807, 2.05) is 55.5 Å². The smallest absolute Gasteiger partial charge is 0.0908 e. The van der Waals surface area contributed by atoms with Crippen molar-refractivity contribution >= 4 is 38.5 Å². The van der Waals surface area contributed by atoms with Crippen molar-refractivity contribution in [1.82, 2.24) is 0 Å². The normalized spacial score (nSPS) is 14.2. The zero-order valence-corrected chi connectivity index (χ0v) is 13.8. The summed E-state index contributed by atoms with van der Waals surface area (Å²) in [4.78, 5) is 0. The summed E-state index contributed by atoms with van der Waals surface area (Å²) in [6.45, 7) is 1.86. The molecule has 0 saturated heterocycles. The number of hydrogen-bond acceptors (Lipinski definition) is 1. The second-order valence-corrected chi connectivity index (χ2v) is 6.75. The maximum Gasteiger partial charge on any atom is 0.0908 e. The number of rotatable bonds is 3. The molecule has 0 aliphatic heterocycles. The van der Waals surface area contributed by atoms with Gasteiger partial charge in [0, 0.05) is 14.5 Å². The molecule has 0 aliphatic carbocycles. The van der Waals surface area contributed by atoms with Crippen LogP contribution in [0.25, 0.3) is 0 Å². The van der Waals surface area contributed by atoms with Gasteiger partial charge in [0.05, 0.1) is 5.60 Å². The molecule has 18 heavy (non-hydrogen) atoms. The first-order valence-corrected chi connectivity index (χ1v) is 7.57. The molecule has 1 unspecified atom stereocenters. The molecule has 94 valence electrons. The fourth-order valence-electron chi connectivity index (χ4n) is 1.91. The van der Waals surface area contributed by atoms with E-state index >= 15 is 0 Å². The van der Waals surface area contributed by atoms with Crippen LogP contribution < -0.4 is 0 Å². The maximum atomic E-state index is 10.6. The van der Waals surface area contributed by atoms with Crippen LogP contribution in [0.3, 0.4) is 0 Å². The number of aliphatic hydroxyl groups is 1.